The van der Waals surface area contributed by atoms with Gasteiger partial charge in [0.05, 0.1) is 30.1 Å². The fourth-order valence-corrected chi connectivity index (χ4v) is 3.85. The Morgan fingerprint density at radius 1 is 1.19 bits per heavy atom. The second-order valence-corrected chi connectivity index (χ2v) is 7.98. The lowest BCUT2D eigenvalue weighted by Crippen LogP contribution is -2.17. The molecule has 10 nitrogen and oxygen atoms in total. The van der Waals surface area contributed by atoms with E-state index in [-0.39, 0.29) is 27.1 Å². The van der Waals surface area contributed by atoms with E-state index < -0.39 is 21.7 Å². The summed E-state index contributed by atoms with van der Waals surface area (Å²) in [6.07, 6.45) is 5.31. The van der Waals surface area contributed by atoms with E-state index in [0.717, 1.165) is 6.07 Å². The first-order valence-electron chi connectivity index (χ1n) is 8.42. The Labute approximate surface area is 179 Å². The van der Waals surface area contributed by atoms with Crippen LogP contribution in [0.15, 0.2) is 41.8 Å². The summed E-state index contributed by atoms with van der Waals surface area (Å²) in [6.45, 7) is 0. The number of H-pyrrole nitrogens is 1. The molecule has 31 heavy (non-hydrogen) atoms. The van der Waals surface area contributed by atoms with Gasteiger partial charge >= 0.3 is 0 Å². The highest BCUT2D eigenvalue weighted by Gasteiger charge is 2.24. The first kappa shape index (κ1) is 20.5. The molecule has 13 heteroatoms. The van der Waals surface area contributed by atoms with Crippen LogP contribution in [0.25, 0.3) is 11.2 Å². The first-order valence-corrected chi connectivity index (χ1v) is 10.3. The highest BCUT2D eigenvalue weighted by atomic mass is 35.5. The summed E-state index contributed by atoms with van der Waals surface area (Å²) in [5.41, 5.74) is 1.17. The number of nitrogens with zero attached hydrogens (tertiary/aromatic N) is 5. The third-order valence-electron chi connectivity index (χ3n) is 3.87. The van der Waals surface area contributed by atoms with Crippen LogP contribution < -0.4 is 9.46 Å². The number of halogens is 2. The summed E-state index contributed by atoms with van der Waals surface area (Å²) in [5, 5.41) is 6.53. The van der Waals surface area contributed by atoms with Gasteiger partial charge in [-0.1, -0.05) is 17.5 Å². The molecule has 0 aromatic carbocycles. The zero-order valence-electron chi connectivity index (χ0n) is 15.6. The van der Waals surface area contributed by atoms with Crippen molar-refractivity contribution in [1.29, 1.82) is 0 Å². The van der Waals surface area contributed by atoms with Crippen LogP contribution in [0.1, 0.15) is 11.3 Å². The molecule has 0 saturated carbocycles. The minimum absolute atomic E-state index is 0.0601. The average Bonchev–Trinajstić information content (AvgIpc) is 3.22. The molecule has 0 radical (unpaired) electrons. The van der Waals surface area contributed by atoms with Crippen molar-refractivity contribution in [1.82, 2.24) is 30.1 Å². The smallest absolute Gasteiger partial charge is 0.268 e. The Hall–Kier alpha value is -3.82. The highest BCUT2D eigenvalue weighted by Crippen LogP contribution is 2.27. The van der Waals surface area contributed by atoms with Gasteiger partial charge in [-0.15, -0.1) is 0 Å². The number of hydrogen-bond donors (Lipinski definition) is 2. The molecule has 4 heterocycles. The van der Waals surface area contributed by atoms with E-state index in [1.165, 1.54) is 38.0 Å². The summed E-state index contributed by atoms with van der Waals surface area (Å²) in [4.78, 5) is 15.5. The van der Waals surface area contributed by atoms with E-state index in [9.17, 15) is 12.8 Å². The molecule has 0 atom stereocenters. The van der Waals surface area contributed by atoms with Gasteiger partial charge in [0.15, 0.2) is 22.2 Å². The molecule has 0 unspecified atom stereocenters. The molecule has 4 aromatic heterocycles. The molecule has 0 spiro atoms. The fraction of sp³-hybridized carbons (Fsp3) is 0.0556. The molecule has 2 N–H and O–H groups in total. The van der Waals surface area contributed by atoms with Crippen molar-refractivity contribution in [3.8, 4) is 17.7 Å². The number of aromatic amines is 1. The maximum Gasteiger partial charge on any atom is 0.268 e. The van der Waals surface area contributed by atoms with E-state index in [2.05, 4.69) is 46.7 Å². The summed E-state index contributed by atoms with van der Waals surface area (Å²) < 4.78 is 47.3. The lowest BCUT2D eigenvalue weighted by atomic mass is 10.2. The Morgan fingerprint density at radius 2 is 2.03 bits per heavy atom. The van der Waals surface area contributed by atoms with Crippen LogP contribution in [-0.4, -0.2) is 45.7 Å². The van der Waals surface area contributed by atoms with Crippen LogP contribution in [-0.2, 0) is 10.0 Å². The first-order chi connectivity index (χ1) is 14.9. The summed E-state index contributed by atoms with van der Waals surface area (Å²) in [6, 6.07) is 2.42. The summed E-state index contributed by atoms with van der Waals surface area (Å²) >= 11 is 5.83. The van der Waals surface area contributed by atoms with Crippen molar-refractivity contribution in [2.75, 3.05) is 11.8 Å². The predicted octanol–water partition coefficient (Wildman–Crippen LogP) is 2.14. The van der Waals surface area contributed by atoms with Crippen molar-refractivity contribution in [3.05, 3.63) is 59.0 Å². The van der Waals surface area contributed by atoms with Gasteiger partial charge in [0.1, 0.15) is 11.2 Å². The van der Waals surface area contributed by atoms with Crippen molar-refractivity contribution < 1.29 is 17.5 Å². The van der Waals surface area contributed by atoms with Crippen LogP contribution in [0, 0.1) is 17.7 Å². The van der Waals surface area contributed by atoms with E-state index in [0.29, 0.717) is 11.2 Å². The fourth-order valence-electron chi connectivity index (χ4n) is 2.47. The number of nitrogens with one attached hydrogen (secondary N) is 2. The SMILES string of the molecule is COc1ncc(Cl)cc1S(=O)(=O)Nc1nccc(C#Cc2cnc3[nH]ncc3n2)c1F. The molecular weight excluding hydrogens is 449 g/mol. The monoisotopic (exact) mass is 459 g/mol. The van der Waals surface area contributed by atoms with Gasteiger partial charge in [0.25, 0.3) is 10.0 Å². The summed E-state index contributed by atoms with van der Waals surface area (Å²) in [7, 11) is -3.06. The van der Waals surface area contributed by atoms with Crippen LogP contribution in [0.4, 0.5) is 10.2 Å². The minimum atomic E-state index is -4.31. The normalized spacial score (nSPS) is 11.1. The number of rotatable bonds is 4. The van der Waals surface area contributed by atoms with Gasteiger partial charge < -0.3 is 4.74 Å². The van der Waals surface area contributed by atoms with Crippen molar-refractivity contribution >= 4 is 38.6 Å². The van der Waals surface area contributed by atoms with Crippen molar-refractivity contribution in [2.45, 2.75) is 4.90 Å². The molecule has 0 aliphatic heterocycles. The predicted molar refractivity (Wildman–Crippen MR) is 108 cm³/mol. The number of methoxy groups -OCH3 is 1. The van der Waals surface area contributed by atoms with E-state index >= 15 is 0 Å². The largest absolute Gasteiger partial charge is 0.480 e. The van der Waals surface area contributed by atoms with Gasteiger partial charge in [0, 0.05) is 12.4 Å². The number of aromatic nitrogens is 6. The highest BCUT2D eigenvalue weighted by molar-refractivity contribution is 7.92. The quantitative estimate of drug-likeness (QED) is 0.443. The van der Waals surface area contributed by atoms with Gasteiger partial charge in [-0.25, -0.2) is 32.7 Å². The Balaban J connectivity index is 1.66. The maximum absolute atomic E-state index is 14.9. The molecule has 0 aliphatic carbocycles. The molecule has 4 aromatic rings. The molecule has 0 bridgehead atoms. The van der Waals surface area contributed by atoms with Gasteiger partial charge in [-0.2, -0.15) is 5.10 Å². The molecule has 0 fully saturated rings. The molecule has 156 valence electrons. The molecule has 0 amide bonds. The number of fused-ring (bicyclic) bond motifs is 1. The van der Waals surface area contributed by atoms with E-state index in [4.69, 9.17) is 16.3 Å². The van der Waals surface area contributed by atoms with Gasteiger partial charge in [0.2, 0.25) is 5.88 Å². The molecule has 0 saturated heterocycles. The van der Waals surface area contributed by atoms with Crippen LogP contribution in [0.2, 0.25) is 5.02 Å². The number of ether oxygens (including phenoxy) is 1. The number of anilines is 1. The number of sulfonamides is 1. The van der Waals surface area contributed by atoms with Gasteiger partial charge in [-0.05, 0) is 18.1 Å². The summed E-state index contributed by atoms with van der Waals surface area (Å²) in [5.74, 6) is 3.54. The third kappa shape index (κ3) is 4.23. The average molecular weight is 460 g/mol. The van der Waals surface area contributed by atoms with Crippen LogP contribution in [0.3, 0.4) is 0 Å². The zero-order chi connectivity index (χ0) is 22.0. The third-order valence-corrected chi connectivity index (χ3v) is 5.41. The lowest BCUT2D eigenvalue weighted by molar-refractivity contribution is 0.385. The number of hydrogen-bond acceptors (Lipinski definition) is 8. The second-order valence-electron chi connectivity index (χ2n) is 5.90. The standard InChI is InChI=1S/C18H11ClFN7O3S/c1-30-18-14(6-11(19)7-23-18)31(28,29)27-17-15(20)10(4-5-21-17)2-3-12-8-22-16-13(25-12)9-24-26-16/h4-9H,1H3,(H,21,27)(H,22,24,26). The van der Waals surface area contributed by atoms with Crippen molar-refractivity contribution in [3.63, 3.8) is 0 Å². The van der Waals surface area contributed by atoms with Gasteiger partial charge in [-0.3, -0.25) is 9.82 Å². The Morgan fingerprint density at radius 3 is 2.84 bits per heavy atom. The van der Waals surface area contributed by atoms with E-state index in [1.54, 1.807) is 0 Å². The molecular formula is C18H11ClFN7O3S. The Kier molecular flexibility index (Phi) is 5.37. The zero-order valence-corrected chi connectivity index (χ0v) is 17.2. The van der Waals surface area contributed by atoms with Crippen LogP contribution >= 0.6 is 11.6 Å². The molecule has 0 aliphatic rings. The maximum atomic E-state index is 14.9. The Bertz CT molecular complexity index is 1460. The van der Waals surface area contributed by atoms with Crippen LogP contribution in [0.5, 0.6) is 5.88 Å². The van der Waals surface area contributed by atoms with Crippen molar-refractivity contribution in [2.24, 2.45) is 0 Å². The van der Waals surface area contributed by atoms with E-state index in [1.807, 2.05) is 0 Å². The number of pyridine rings is 2. The second kappa shape index (κ2) is 8.13. The lowest BCUT2D eigenvalue weighted by Gasteiger charge is -2.11. The minimum Gasteiger partial charge on any atom is -0.480 e. The molecule has 4 rings (SSSR count). The topological polar surface area (TPSA) is 136 Å².